The topological polar surface area (TPSA) is 54.4 Å². The van der Waals surface area contributed by atoms with Crippen molar-refractivity contribution in [1.29, 1.82) is 0 Å². The number of aliphatic hydroxyl groups is 1. The van der Waals surface area contributed by atoms with Gasteiger partial charge >= 0.3 is 32.7 Å². The standard InChI is InChI=1S/C17H19N2O2.Y/c20-16(14-5-3-9-18-10-14)12-19-11-15-8-7-13-4-1-2-6-17(13)21-15;/h2-6,9-10,15-16,19-20H,7-8,11-12H2;/q-1;+3. The van der Waals surface area contributed by atoms with Crippen LogP contribution in [0.3, 0.4) is 0 Å². The van der Waals surface area contributed by atoms with E-state index in [9.17, 15) is 5.11 Å². The van der Waals surface area contributed by atoms with Crippen molar-refractivity contribution in [2.75, 3.05) is 13.1 Å². The van der Waals surface area contributed by atoms with Crippen LogP contribution >= 0.6 is 0 Å². The van der Waals surface area contributed by atoms with E-state index in [1.807, 2.05) is 30.3 Å². The number of hydrogen-bond donors (Lipinski definition) is 2. The zero-order valence-corrected chi connectivity index (χ0v) is 15.2. The molecule has 2 N–H and O–H groups in total. The summed E-state index contributed by atoms with van der Waals surface area (Å²) >= 11 is 0. The average molecular weight is 372 g/mol. The second kappa shape index (κ2) is 8.73. The number of rotatable bonds is 5. The Bertz CT molecular complexity index is 580. The Balaban J connectivity index is 0.00000176. The molecule has 2 heterocycles. The largest absolute Gasteiger partial charge is 3.00 e. The molecule has 0 aliphatic carbocycles. The molecule has 2 atom stereocenters. The molecule has 110 valence electrons. The van der Waals surface area contributed by atoms with Crippen molar-refractivity contribution < 1.29 is 42.6 Å². The van der Waals surface area contributed by atoms with Gasteiger partial charge in [0.05, 0.1) is 6.10 Å². The van der Waals surface area contributed by atoms with Crippen molar-refractivity contribution >= 4 is 0 Å². The van der Waals surface area contributed by atoms with Gasteiger partial charge in [-0.1, -0.05) is 12.5 Å². The number of fused-ring (bicyclic) bond motifs is 1. The first kappa shape index (κ1) is 17.5. The van der Waals surface area contributed by atoms with Gasteiger partial charge in [-0.2, -0.15) is 18.2 Å². The predicted molar refractivity (Wildman–Crippen MR) is 80.1 cm³/mol. The van der Waals surface area contributed by atoms with Gasteiger partial charge in [0, 0.05) is 36.8 Å². The number of ether oxygens (including phenoxy) is 1. The van der Waals surface area contributed by atoms with Crippen LogP contribution in [0.25, 0.3) is 0 Å². The van der Waals surface area contributed by atoms with Crippen LogP contribution in [0.4, 0.5) is 0 Å². The number of hydrogen-bond acceptors (Lipinski definition) is 4. The Morgan fingerprint density at radius 3 is 3.18 bits per heavy atom. The van der Waals surface area contributed by atoms with Crippen LogP contribution in [0.15, 0.2) is 42.7 Å². The number of pyridine rings is 1. The minimum absolute atomic E-state index is 0. The Hall–Kier alpha value is -0.806. The maximum atomic E-state index is 10.1. The third-order valence-electron chi connectivity index (χ3n) is 3.71. The molecule has 0 radical (unpaired) electrons. The molecule has 0 spiro atoms. The summed E-state index contributed by atoms with van der Waals surface area (Å²) in [5.41, 5.74) is 2.06. The Labute approximate surface area is 156 Å². The zero-order valence-electron chi connectivity index (χ0n) is 12.4. The van der Waals surface area contributed by atoms with Crippen molar-refractivity contribution in [3.63, 3.8) is 0 Å². The van der Waals surface area contributed by atoms with E-state index < -0.39 is 6.10 Å². The van der Waals surface area contributed by atoms with Crippen LogP contribution in [0.1, 0.15) is 23.7 Å². The molecular formula is C17H19N2O2Y+2. The first-order valence-electron chi connectivity index (χ1n) is 7.27. The summed E-state index contributed by atoms with van der Waals surface area (Å²) < 4.78 is 5.94. The third-order valence-corrected chi connectivity index (χ3v) is 3.71. The van der Waals surface area contributed by atoms with Crippen molar-refractivity contribution in [3.05, 3.63) is 59.9 Å². The Morgan fingerprint density at radius 2 is 2.36 bits per heavy atom. The van der Waals surface area contributed by atoms with Gasteiger partial charge in [0.1, 0.15) is 6.10 Å². The summed E-state index contributed by atoms with van der Waals surface area (Å²) in [4.78, 5) is 4.01. The monoisotopic (exact) mass is 372 g/mol. The molecule has 1 aliphatic rings. The molecule has 0 fully saturated rings. The molecule has 0 saturated carbocycles. The van der Waals surface area contributed by atoms with Crippen LogP contribution in [-0.4, -0.2) is 29.3 Å². The number of aromatic nitrogens is 1. The molecule has 22 heavy (non-hydrogen) atoms. The van der Waals surface area contributed by atoms with Gasteiger partial charge in [-0.15, -0.1) is 11.6 Å². The van der Waals surface area contributed by atoms with E-state index in [-0.39, 0.29) is 38.8 Å². The molecule has 5 heteroatoms. The minimum Gasteiger partial charge on any atom is -0.514 e. The number of nitrogens with zero attached hydrogens (tertiary/aromatic N) is 1. The molecular weight excluding hydrogens is 353 g/mol. The Morgan fingerprint density at radius 1 is 1.45 bits per heavy atom. The average Bonchev–Trinajstić information content (AvgIpc) is 2.55. The number of aliphatic hydroxyl groups excluding tert-OH is 1. The SMILES string of the molecule is OC(CNCC1CCc2c[c-]ccc2O1)c1cccnc1.[Y+3]. The van der Waals surface area contributed by atoms with Crippen molar-refractivity contribution in [2.24, 2.45) is 0 Å². The van der Waals surface area contributed by atoms with E-state index in [1.54, 1.807) is 12.4 Å². The van der Waals surface area contributed by atoms with Gasteiger partial charge in [0.25, 0.3) is 0 Å². The quantitative estimate of drug-likeness (QED) is 0.788. The zero-order chi connectivity index (χ0) is 14.5. The van der Waals surface area contributed by atoms with Crippen LogP contribution in [-0.2, 0) is 39.1 Å². The molecule has 1 aliphatic heterocycles. The molecule has 0 saturated heterocycles. The molecule has 1 aromatic carbocycles. The van der Waals surface area contributed by atoms with E-state index in [1.165, 1.54) is 5.56 Å². The Kier molecular flexibility index (Phi) is 6.96. The summed E-state index contributed by atoms with van der Waals surface area (Å²) in [7, 11) is 0. The number of aryl methyl sites for hydroxylation is 1. The summed E-state index contributed by atoms with van der Waals surface area (Å²) in [6.07, 6.45) is 5.01. The van der Waals surface area contributed by atoms with Crippen LogP contribution < -0.4 is 10.1 Å². The summed E-state index contributed by atoms with van der Waals surface area (Å²) in [5.74, 6) is 0.958. The van der Waals surface area contributed by atoms with Gasteiger partial charge in [0.15, 0.2) is 0 Å². The van der Waals surface area contributed by atoms with Gasteiger partial charge < -0.3 is 15.2 Å². The van der Waals surface area contributed by atoms with E-state index in [2.05, 4.69) is 16.4 Å². The molecule has 0 amide bonds. The summed E-state index contributed by atoms with van der Waals surface area (Å²) in [6, 6.07) is 12.6. The van der Waals surface area contributed by atoms with Gasteiger partial charge in [0.2, 0.25) is 0 Å². The third kappa shape index (κ3) is 4.59. The van der Waals surface area contributed by atoms with Crippen molar-refractivity contribution in [2.45, 2.75) is 25.0 Å². The maximum absolute atomic E-state index is 10.1. The van der Waals surface area contributed by atoms with Gasteiger partial charge in [-0.3, -0.25) is 4.98 Å². The smallest absolute Gasteiger partial charge is 0.514 e. The minimum atomic E-state index is -0.538. The first-order valence-corrected chi connectivity index (χ1v) is 7.27. The molecule has 0 bridgehead atoms. The fourth-order valence-corrected chi connectivity index (χ4v) is 2.53. The van der Waals surface area contributed by atoms with Gasteiger partial charge in [-0.05, 0) is 12.5 Å². The second-order valence-electron chi connectivity index (χ2n) is 5.27. The molecule has 2 unspecified atom stereocenters. The van der Waals surface area contributed by atoms with Crippen molar-refractivity contribution in [1.82, 2.24) is 10.3 Å². The maximum Gasteiger partial charge on any atom is 3.00 e. The van der Waals surface area contributed by atoms with Crippen LogP contribution in [0.5, 0.6) is 5.75 Å². The molecule has 1 aromatic heterocycles. The summed E-state index contributed by atoms with van der Waals surface area (Å²) in [6.45, 7) is 1.23. The van der Waals surface area contributed by atoms with E-state index in [0.717, 1.165) is 30.7 Å². The fraction of sp³-hybridized carbons (Fsp3) is 0.353. The normalized spacial score (nSPS) is 17.8. The van der Waals surface area contributed by atoms with E-state index in [4.69, 9.17) is 4.74 Å². The van der Waals surface area contributed by atoms with Crippen molar-refractivity contribution in [3.8, 4) is 5.75 Å². The predicted octanol–water partition coefficient (Wildman–Crippen LogP) is 1.90. The second-order valence-corrected chi connectivity index (χ2v) is 5.27. The van der Waals surface area contributed by atoms with Gasteiger partial charge in [-0.25, -0.2) is 0 Å². The summed E-state index contributed by atoms with van der Waals surface area (Å²) in [5, 5.41) is 13.3. The molecule has 2 aromatic rings. The van der Waals surface area contributed by atoms with Crippen LogP contribution in [0.2, 0.25) is 0 Å². The number of benzene rings is 1. The number of nitrogens with one attached hydrogen (secondary N) is 1. The van der Waals surface area contributed by atoms with E-state index in [0.29, 0.717) is 6.54 Å². The van der Waals surface area contributed by atoms with E-state index >= 15 is 0 Å². The molecule has 3 rings (SSSR count). The molecule has 4 nitrogen and oxygen atoms in total. The fourth-order valence-electron chi connectivity index (χ4n) is 2.53. The van der Waals surface area contributed by atoms with Crippen LogP contribution in [0, 0.1) is 6.07 Å². The first-order chi connectivity index (χ1) is 10.3.